The molecule has 1 saturated heterocycles. The van der Waals surface area contributed by atoms with Gasteiger partial charge in [0.15, 0.2) is 0 Å². The van der Waals surface area contributed by atoms with E-state index in [1.165, 1.54) is 11.3 Å². The van der Waals surface area contributed by atoms with Gasteiger partial charge in [0.25, 0.3) is 6.20 Å². The summed E-state index contributed by atoms with van der Waals surface area (Å²) in [5.41, 5.74) is 11.8. The Balaban J connectivity index is 1.44. The van der Waals surface area contributed by atoms with E-state index in [-0.39, 0.29) is 5.88 Å². The molecular formula is C27H24N6O3S. The molecule has 37 heavy (non-hydrogen) atoms. The van der Waals surface area contributed by atoms with Crippen molar-refractivity contribution in [3.05, 3.63) is 77.3 Å². The summed E-state index contributed by atoms with van der Waals surface area (Å²) in [7, 11) is 0. The van der Waals surface area contributed by atoms with Crippen molar-refractivity contribution in [1.29, 1.82) is 0 Å². The van der Waals surface area contributed by atoms with Crippen molar-refractivity contribution in [2.45, 2.75) is 6.92 Å². The van der Waals surface area contributed by atoms with Crippen LogP contribution in [0.15, 0.2) is 76.4 Å². The SMILES string of the molecule is Cc1ccc(-c2cc(-c3ccccc3)nc3sc(/C([O-])=N/c4c[n+](N5CCOCC5)no4)c(N)c23)cc1. The molecule has 0 aliphatic carbocycles. The Kier molecular flexibility index (Phi) is 6.03. The molecule has 10 heteroatoms. The highest BCUT2D eigenvalue weighted by Crippen LogP contribution is 2.41. The van der Waals surface area contributed by atoms with E-state index >= 15 is 0 Å². The van der Waals surface area contributed by atoms with Crippen LogP contribution < -0.4 is 20.6 Å². The molecule has 186 valence electrons. The fourth-order valence-electron chi connectivity index (χ4n) is 4.32. The zero-order valence-electron chi connectivity index (χ0n) is 20.1. The first-order valence-electron chi connectivity index (χ1n) is 11.9. The highest BCUT2D eigenvalue weighted by atomic mass is 32.1. The normalized spacial score (nSPS) is 14.4. The van der Waals surface area contributed by atoms with Crippen molar-refractivity contribution < 1.29 is 19.2 Å². The summed E-state index contributed by atoms with van der Waals surface area (Å²) in [5.74, 6) is -0.396. The van der Waals surface area contributed by atoms with Gasteiger partial charge in [-0.2, -0.15) is 0 Å². The Morgan fingerprint density at radius 2 is 1.84 bits per heavy atom. The first kappa shape index (κ1) is 23.1. The number of rotatable bonds is 5. The maximum Gasteiger partial charge on any atom is 0.324 e. The smallest absolute Gasteiger partial charge is 0.324 e. The molecule has 9 nitrogen and oxygen atoms in total. The number of morpholine rings is 1. The molecule has 0 unspecified atom stereocenters. The number of pyridine rings is 1. The van der Waals surface area contributed by atoms with E-state index in [1.54, 1.807) is 11.0 Å². The minimum Gasteiger partial charge on any atom is -0.857 e. The summed E-state index contributed by atoms with van der Waals surface area (Å²) in [6, 6.07) is 20.2. The van der Waals surface area contributed by atoms with Gasteiger partial charge in [0, 0.05) is 16.8 Å². The van der Waals surface area contributed by atoms with Gasteiger partial charge in [-0.3, -0.25) is 4.52 Å². The van der Waals surface area contributed by atoms with Gasteiger partial charge < -0.3 is 15.6 Å². The van der Waals surface area contributed by atoms with Crippen LogP contribution in [0.5, 0.6) is 0 Å². The second-order valence-electron chi connectivity index (χ2n) is 8.76. The Labute approximate surface area is 217 Å². The number of nitrogen functional groups attached to an aromatic ring is 1. The monoisotopic (exact) mass is 512 g/mol. The third-order valence-electron chi connectivity index (χ3n) is 6.26. The number of thiophene rings is 1. The number of ether oxygens (including phenoxy) is 1. The van der Waals surface area contributed by atoms with Crippen LogP contribution in [0.1, 0.15) is 10.4 Å². The van der Waals surface area contributed by atoms with Gasteiger partial charge in [-0.05, 0) is 24.1 Å². The van der Waals surface area contributed by atoms with Gasteiger partial charge >= 0.3 is 5.88 Å². The third kappa shape index (κ3) is 4.52. The van der Waals surface area contributed by atoms with E-state index < -0.39 is 5.90 Å². The quantitative estimate of drug-likeness (QED) is 0.218. The number of aliphatic imine (C=N–C) groups is 1. The lowest BCUT2D eigenvalue weighted by molar-refractivity contribution is -0.759. The number of hydrogen-bond donors (Lipinski definition) is 1. The van der Waals surface area contributed by atoms with Crippen LogP contribution in [-0.2, 0) is 4.74 Å². The van der Waals surface area contributed by atoms with Gasteiger partial charge in [-0.25, -0.2) is 9.98 Å². The van der Waals surface area contributed by atoms with E-state index in [4.69, 9.17) is 20.0 Å². The molecule has 0 radical (unpaired) electrons. The molecule has 1 fully saturated rings. The van der Waals surface area contributed by atoms with Crippen molar-refractivity contribution in [2.24, 2.45) is 4.99 Å². The van der Waals surface area contributed by atoms with Crippen molar-refractivity contribution in [1.82, 2.24) is 10.3 Å². The average Bonchev–Trinajstić information content (AvgIpc) is 3.54. The van der Waals surface area contributed by atoms with Gasteiger partial charge in [0.1, 0.15) is 4.83 Å². The fraction of sp³-hybridized carbons (Fsp3) is 0.185. The third-order valence-corrected chi connectivity index (χ3v) is 7.35. The van der Waals surface area contributed by atoms with Crippen LogP contribution >= 0.6 is 11.3 Å². The van der Waals surface area contributed by atoms with Gasteiger partial charge in [0.05, 0.1) is 47.4 Å². The second-order valence-corrected chi connectivity index (χ2v) is 9.75. The van der Waals surface area contributed by atoms with Crippen LogP contribution in [0, 0.1) is 6.92 Å². The molecule has 6 rings (SSSR count). The maximum absolute atomic E-state index is 13.2. The summed E-state index contributed by atoms with van der Waals surface area (Å²) in [6.07, 6.45) is 1.58. The Bertz CT molecular complexity index is 1590. The predicted molar refractivity (Wildman–Crippen MR) is 141 cm³/mol. The lowest BCUT2D eigenvalue weighted by Crippen LogP contribution is -2.62. The summed E-state index contributed by atoms with van der Waals surface area (Å²) in [4.78, 5) is 11.6. The highest BCUT2D eigenvalue weighted by Gasteiger charge is 2.23. The molecule has 3 aromatic heterocycles. The molecule has 2 N–H and O–H groups in total. The molecule has 0 bridgehead atoms. The number of benzene rings is 2. The van der Waals surface area contributed by atoms with Crippen LogP contribution in [0.2, 0.25) is 0 Å². The summed E-state index contributed by atoms with van der Waals surface area (Å²) < 4.78 is 10.7. The number of nitrogens with two attached hydrogens (primary N) is 1. The Hall–Kier alpha value is -4.28. The Morgan fingerprint density at radius 3 is 2.59 bits per heavy atom. The second kappa shape index (κ2) is 9.64. The van der Waals surface area contributed by atoms with E-state index in [9.17, 15) is 5.11 Å². The van der Waals surface area contributed by atoms with E-state index in [2.05, 4.69) is 34.5 Å². The Morgan fingerprint density at radius 1 is 1.08 bits per heavy atom. The zero-order valence-corrected chi connectivity index (χ0v) is 20.9. The lowest BCUT2D eigenvalue weighted by atomic mass is 9.99. The maximum atomic E-state index is 13.2. The van der Waals surface area contributed by atoms with Crippen molar-refractivity contribution in [2.75, 3.05) is 37.0 Å². The van der Waals surface area contributed by atoms with Crippen molar-refractivity contribution in [3.8, 4) is 22.4 Å². The molecule has 0 saturated carbocycles. The molecule has 0 atom stereocenters. The van der Waals surface area contributed by atoms with Crippen LogP contribution in [0.4, 0.5) is 11.6 Å². The molecule has 0 amide bonds. The van der Waals surface area contributed by atoms with Crippen molar-refractivity contribution in [3.63, 3.8) is 0 Å². The fourth-order valence-corrected chi connectivity index (χ4v) is 5.32. The zero-order chi connectivity index (χ0) is 25.4. The molecule has 4 heterocycles. The highest BCUT2D eigenvalue weighted by molar-refractivity contribution is 7.21. The molecule has 2 aromatic carbocycles. The predicted octanol–water partition coefficient (Wildman–Crippen LogP) is 3.20. The van der Waals surface area contributed by atoms with Gasteiger partial charge in [0.2, 0.25) is 5.27 Å². The molecular weight excluding hydrogens is 488 g/mol. The number of fused-ring (bicyclic) bond motifs is 1. The lowest BCUT2D eigenvalue weighted by Gasteiger charge is -2.18. The van der Waals surface area contributed by atoms with Crippen LogP contribution in [0.3, 0.4) is 0 Å². The summed E-state index contributed by atoms with van der Waals surface area (Å²) >= 11 is 1.23. The number of nitrogens with zero attached hydrogens (tertiary/aromatic N) is 5. The minimum atomic E-state index is -0.498. The van der Waals surface area contributed by atoms with E-state index in [0.29, 0.717) is 41.7 Å². The molecule has 5 aromatic rings. The first-order chi connectivity index (χ1) is 18.1. The number of hydrogen-bond acceptors (Lipinski definition) is 9. The largest absolute Gasteiger partial charge is 0.857 e. The summed E-state index contributed by atoms with van der Waals surface area (Å²) in [6.45, 7) is 4.59. The van der Waals surface area contributed by atoms with Gasteiger partial charge in [-0.15, -0.1) is 16.3 Å². The molecule has 1 aliphatic rings. The molecule has 0 spiro atoms. The summed E-state index contributed by atoms with van der Waals surface area (Å²) in [5, 5.41) is 19.9. The number of aryl methyl sites for hydroxylation is 1. The average molecular weight is 513 g/mol. The van der Waals surface area contributed by atoms with E-state index in [0.717, 1.165) is 33.3 Å². The van der Waals surface area contributed by atoms with Crippen LogP contribution in [0.25, 0.3) is 32.6 Å². The van der Waals surface area contributed by atoms with E-state index in [1.807, 2.05) is 48.3 Å². The topological polar surface area (TPSA) is 117 Å². The van der Waals surface area contributed by atoms with Gasteiger partial charge in [-0.1, -0.05) is 60.2 Å². The number of anilines is 1. The standard InChI is InChI=1S/C27H24N6O3S/c1-17-7-9-18(10-8-17)20-15-21(19-5-3-2-4-6-19)29-27-23(20)24(28)25(37-27)26(34)30-22-16-33(31-36-22)32-11-13-35-14-12-32/h2-10,15-16H,11-14H2,1H3,(H2-,28,30,31,34). The minimum absolute atomic E-state index is 0.102. The van der Waals surface area contributed by atoms with Crippen LogP contribution in [-0.4, -0.2) is 42.5 Å². The van der Waals surface area contributed by atoms with Crippen molar-refractivity contribution >= 4 is 39.0 Å². The molecule has 1 aliphatic heterocycles. The number of aromatic nitrogens is 3. The first-order valence-corrected chi connectivity index (χ1v) is 12.7.